The Morgan fingerprint density at radius 1 is 1.30 bits per heavy atom. The normalized spacial score (nSPS) is 18.9. The van der Waals surface area contributed by atoms with E-state index >= 15 is 0 Å². The molecule has 1 aliphatic rings. The van der Waals surface area contributed by atoms with Crippen LogP contribution in [-0.4, -0.2) is 34.5 Å². The Labute approximate surface area is 138 Å². The van der Waals surface area contributed by atoms with Gasteiger partial charge in [-0.2, -0.15) is 0 Å². The second-order valence-corrected chi connectivity index (χ2v) is 6.56. The number of aromatic carboxylic acids is 1. The first-order valence-electron chi connectivity index (χ1n) is 8.64. The van der Waals surface area contributed by atoms with E-state index in [1.165, 1.54) is 6.42 Å². The summed E-state index contributed by atoms with van der Waals surface area (Å²) in [5, 5.41) is 8.90. The van der Waals surface area contributed by atoms with Gasteiger partial charge in [-0.05, 0) is 49.3 Å². The van der Waals surface area contributed by atoms with Gasteiger partial charge in [-0.15, -0.1) is 0 Å². The summed E-state index contributed by atoms with van der Waals surface area (Å²) in [7, 11) is 0. The van der Waals surface area contributed by atoms with Crippen molar-refractivity contribution in [3.8, 4) is 0 Å². The van der Waals surface area contributed by atoms with Crippen molar-refractivity contribution in [3.05, 3.63) is 35.4 Å². The van der Waals surface area contributed by atoms with Crippen molar-refractivity contribution in [3.63, 3.8) is 0 Å². The highest BCUT2D eigenvalue weighted by Crippen LogP contribution is 2.27. The molecule has 1 aliphatic heterocycles. The molecule has 2 rings (SSSR count). The molecule has 0 aromatic heterocycles. The number of amides is 1. The number of carboxylic acids is 1. The van der Waals surface area contributed by atoms with Crippen LogP contribution in [0.3, 0.4) is 0 Å². The zero-order valence-electron chi connectivity index (χ0n) is 14.1. The van der Waals surface area contributed by atoms with E-state index in [1.54, 1.807) is 24.3 Å². The highest BCUT2D eigenvalue weighted by atomic mass is 16.4. The molecule has 1 heterocycles. The van der Waals surface area contributed by atoms with Gasteiger partial charge in [0.05, 0.1) is 5.56 Å². The van der Waals surface area contributed by atoms with E-state index in [4.69, 9.17) is 5.11 Å². The van der Waals surface area contributed by atoms with Crippen molar-refractivity contribution in [2.45, 2.75) is 58.4 Å². The maximum Gasteiger partial charge on any atom is 0.335 e. The van der Waals surface area contributed by atoms with Gasteiger partial charge in [0.25, 0.3) is 0 Å². The maximum absolute atomic E-state index is 12.5. The van der Waals surface area contributed by atoms with E-state index < -0.39 is 5.97 Å². The highest BCUT2D eigenvalue weighted by molar-refractivity contribution is 5.87. The van der Waals surface area contributed by atoms with E-state index in [2.05, 4.69) is 18.7 Å². The number of benzene rings is 1. The molecular formula is C19H27NO3. The van der Waals surface area contributed by atoms with E-state index in [1.807, 2.05) is 0 Å². The summed E-state index contributed by atoms with van der Waals surface area (Å²) in [5.74, 6) is -0.114. The van der Waals surface area contributed by atoms with E-state index in [9.17, 15) is 9.59 Å². The van der Waals surface area contributed by atoms with Gasteiger partial charge < -0.3 is 10.0 Å². The molecule has 23 heavy (non-hydrogen) atoms. The van der Waals surface area contributed by atoms with E-state index in [-0.39, 0.29) is 11.5 Å². The van der Waals surface area contributed by atoms with Gasteiger partial charge in [0.15, 0.2) is 0 Å². The van der Waals surface area contributed by atoms with Crippen LogP contribution in [0.15, 0.2) is 24.3 Å². The van der Waals surface area contributed by atoms with E-state index in [0.717, 1.165) is 31.4 Å². The van der Waals surface area contributed by atoms with Crippen LogP contribution < -0.4 is 0 Å². The second-order valence-electron chi connectivity index (χ2n) is 6.56. The van der Waals surface area contributed by atoms with Crippen LogP contribution in [0.1, 0.15) is 61.9 Å². The van der Waals surface area contributed by atoms with Crippen LogP contribution in [0.2, 0.25) is 0 Å². The van der Waals surface area contributed by atoms with Crippen molar-refractivity contribution in [2.75, 3.05) is 6.54 Å². The smallest absolute Gasteiger partial charge is 0.335 e. The lowest BCUT2D eigenvalue weighted by Gasteiger charge is -2.29. The summed E-state index contributed by atoms with van der Waals surface area (Å²) in [6.07, 6.45) is 5.74. The Morgan fingerprint density at radius 3 is 2.61 bits per heavy atom. The number of nitrogens with zero attached hydrogens (tertiary/aromatic N) is 1. The quantitative estimate of drug-likeness (QED) is 0.833. The van der Waals surface area contributed by atoms with Gasteiger partial charge in [-0.1, -0.05) is 32.4 Å². The van der Waals surface area contributed by atoms with Gasteiger partial charge in [0.2, 0.25) is 5.91 Å². The molecule has 4 heteroatoms. The Morgan fingerprint density at radius 2 is 2.00 bits per heavy atom. The zero-order chi connectivity index (χ0) is 16.8. The van der Waals surface area contributed by atoms with Crippen LogP contribution >= 0.6 is 0 Å². The fourth-order valence-corrected chi connectivity index (χ4v) is 3.55. The number of carbonyl (C=O) groups is 2. The number of rotatable bonds is 7. The number of likely N-dealkylation sites (tertiary alicyclic amines) is 1. The SMILES string of the molecule is CCCC(C)C1CCCN1C(=O)CCc1ccc(C(=O)O)cc1. The third-order valence-electron chi connectivity index (χ3n) is 4.85. The summed E-state index contributed by atoms with van der Waals surface area (Å²) in [5.41, 5.74) is 1.30. The molecule has 4 nitrogen and oxygen atoms in total. The average molecular weight is 317 g/mol. The first-order valence-corrected chi connectivity index (χ1v) is 8.64. The van der Waals surface area contributed by atoms with Gasteiger partial charge in [-0.25, -0.2) is 4.79 Å². The predicted octanol–water partition coefficient (Wildman–Crippen LogP) is 3.74. The first-order chi connectivity index (χ1) is 11.0. The number of carbonyl (C=O) groups excluding carboxylic acids is 1. The number of carboxylic acid groups (broad SMARTS) is 1. The standard InChI is InChI=1S/C19H27NO3/c1-3-5-14(2)17-6-4-13-20(17)18(21)12-9-15-7-10-16(11-8-15)19(22)23/h7-8,10-11,14,17H,3-6,9,12-13H2,1-2H3,(H,22,23). The molecule has 1 amide bonds. The molecule has 1 saturated heterocycles. The lowest BCUT2D eigenvalue weighted by molar-refractivity contribution is -0.132. The molecule has 0 spiro atoms. The molecule has 126 valence electrons. The summed E-state index contributed by atoms with van der Waals surface area (Å²) in [6, 6.07) is 7.21. The first kappa shape index (κ1) is 17.5. The third-order valence-corrected chi connectivity index (χ3v) is 4.85. The van der Waals surface area contributed by atoms with Crippen LogP contribution in [0.25, 0.3) is 0 Å². The molecule has 0 bridgehead atoms. The van der Waals surface area contributed by atoms with Gasteiger partial charge in [0.1, 0.15) is 0 Å². The van der Waals surface area contributed by atoms with Crippen molar-refractivity contribution in [1.82, 2.24) is 4.90 Å². The minimum absolute atomic E-state index is 0.234. The fraction of sp³-hybridized carbons (Fsp3) is 0.579. The minimum Gasteiger partial charge on any atom is -0.478 e. The molecule has 1 aromatic carbocycles. The molecule has 2 atom stereocenters. The molecule has 0 aliphatic carbocycles. The lowest BCUT2D eigenvalue weighted by atomic mass is 9.94. The molecule has 0 saturated carbocycles. The summed E-state index contributed by atoms with van der Waals surface area (Å²) in [6.45, 7) is 5.33. The number of aryl methyl sites for hydroxylation is 1. The molecule has 0 radical (unpaired) electrons. The van der Waals surface area contributed by atoms with Crippen LogP contribution in [-0.2, 0) is 11.2 Å². The number of hydrogen-bond acceptors (Lipinski definition) is 2. The maximum atomic E-state index is 12.5. The van der Waals surface area contributed by atoms with Gasteiger partial charge in [0, 0.05) is 19.0 Å². The fourth-order valence-electron chi connectivity index (χ4n) is 3.55. The highest BCUT2D eigenvalue weighted by Gasteiger charge is 2.31. The second kappa shape index (κ2) is 8.14. The van der Waals surface area contributed by atoms with Crippen LogP contribution in [0.4, 0.5) is 0 Å². The Bertz CT molecular complexity index is 538. The zero-order valence-corrected chi connectivity index (χ0v) is 14.1. The van der Waals surface area contributed by atoms with Crippen LogP contribution in [0, 0.1) is 5.92 Å². The molecule has 1 aromatic rings. The Hall–Kier alpha value is -1.84. The minimum atomic E-state index is -0.919. The van der Waals surface area contributed by atoms with Crippen molar-refractivity contribution in [2.24, 2.45) is 5.92 Å². The molecule has 2 unspecified atom stereocenters. The Balaban J connectivity index is 1.89. The topological polar surface area (TPSA) is 57.6 Å². The average Bonchev–Trinajstić information content (AvgIpc) is 3.03. The monoisotopic (exact) mass is 317 g/mol. The van der Waals surface area contributed by atoms with Crippen molar-refractivity contribution < 1.29 is 14.7 Å². The summed E-state index contributed by atoms with van der Waals surface area (Å²) >= 11 is 0. The summed E-state index contributed by atoms with van der Waals surface area (Å²) < 4.78 is 0. The van der Waals surface area contributed by atoms with Crippen LogP contribution in [0.5, 0.6) is 0 Å². The van der Waals surface area contributed by atoms with Gasteiger partial charge >= 0.3 is 5.97 Å². The molecule has 1 N–H and O–H groups in total. The molecule has 1 fully saturated rings. The number of hydrogen-bond donors (Lipinski definition) is 1. The largest absolute Gasteiger partial charge is 0.478 e. The predicted molar refractivity (Wildman–Crippen MR) is 90.5 cm³/mol. The van der Waals surface area contributed by atoms with Gasteiger partial charge in [-0.3, -0.25) is 4.79 Å². The lowest BCUT2D eigenvalue weighted by Crippen LogP contribution is -2.39. The summed E-state index contributed by atoms with van der Waals surface area (Å²) in [4.78, 5) is 25.5. The third kappa shape index (κ3) is 4.57. The van der Waals surface area contributed by atoms with Crippen molar-refractivity contribution >= 4 is 11.9 Å². The Kier molecular flexibility index (Phi) is 6.20. The van der Waals surface area contributed by atoms with Crippen molar-refractivity contribution in [1.29, 1.82) is 0 Å². The molecular weight excluding hydrogens is 290 g/mol. The van der Waals surface area contributed by atoms with E-state index in [0.29, 0.717) is 24.8 Å².